The lowest BCUT2D eigenvalue weighted by Crippen LogP contribution is -2.43. The molecule has 0 aromatic heterocycles. The molecule has 17 heteroatoms. The number of carbonyl (C=O) groups is 5. The van der Waals surface area contributed by atoms with Crippen LogP contribution < -0.4 is 0 Å². The summed E-state index contributed by atoms with van der Waals surface area (Å²) in [6.07, 6.45) is 32.8. The Balaban J connectivity index is -0.000000263. The standard InChI is InChI=1S/C15H29NO3Si.C11H21NO2.2C10H17NO2.C9H15NO2/c1-9-13(19-20(7,8)15(2,3)4)11-10-12-14(17)16(5)18-6;1-4-5-6-7-8-9-10-11(13)12(2)14-3;1-5-9(2)7-6-8-10(12)11(3)13-4;1-5-6-7-9(2)8-10(12)11(3)13-4;1-4-5-6-7-8-9(11)10(2)12-3/h9-10,12-13H,1,11H2,2-8H3;5-6H,4,7-10H2,1-3H3;5-6,8-9H,1,7H2,2-4H3;5,8H,1,6-7H2,2-4H3;4,7-8H,1,5-6H2,2-3H3/b12-10+;6-5-;8-6+;9-8+;8-7+/t13-;;;;/m0..../s1. The summed E-state index contributed by atoms with van der Waals surface area (Å²) in [5.74, 6) is -0.184. The Morgan fingerprint density at radius 1 is 0.556 bits per heavy atom. The molecule has 0 N–H and O–H groups in total. The summed E-state index contributed by atoms with van der Waals surface area (Å²) >= 11 is 0. The van der Waals surface area contributed by atoms with Gasteiger partial charge in [-0.2, -0.15) is 0 Å². The smallest absolute Gasteiger partial charge is 0.269 e. The lowest BCUT2D eigenvalue weighted by atomic mass is 10.1. The highest BCUT2D eigenvalue weighted by Gasteiger charge is 2.38. The van der Waals surface area contributed by atoms with Gasteiger partial charge in [-0.3, -0.25) is 48.2 Å². The van der Waals surface area contributed by atoms with Crippen molar-refractivity contribution in [2.24, 2.45) is 5.92 Å². The van der Waals surface area contributed by atoms with Crippen LogP contribution in [-0.4, -0.2) is 140 Å². The van der Waals surface area contributed by atoms with Gasteiger partial charge in [-0.05, 0) is 95.2 Å². The van der Waals surface area contributed by atoms with Crippen LogP contribution in [0.3, 0.4) is 0 Å². The normalized spacial score (nSPS) is 12.1. The van der Waals surface area contributed by atoms with Gasteiger partial charge in [0.05, 0.1) is 41.7 Å². The van der Waals surface area contributed by atoms with Gasteiger partial charge in [0, 0.05) is 66.0 Å². The topological polar surface area (TPSA) is 157 Å². The molecule has 2 atom stereocenters. The van der Waals surface area contributed by atoms with Crippen molar-refractivity contribution >= 4 is 37.9 Å². The minimum atomic E-state index is -1.82. The Bertz CT molecular complexity index is 1670. The van der Waals surface area contributed by atoms with Crippen molar-refractivity contribution in [1.29, 1.82) is 0 Å². The molecule has 0 fully saturated rings. The van der Waals surface area contributed by atoms with Crippen LogP contribution in [0, 0.1) is 5.92 Å². The SMILES string of the molecule is C=CC(C)C/C=C/C(=O)N(C)OC.C=CCC/C(C)=C/C(=O)N(C)OC.C=CCC/C=C/C(=O)N(C)OC.C=C[C@@H](C/C=C/C(=O)N(C)OC)O[Si](C)(C)C(C)(C)C.CC/C=C\CCCCC(=O)N(C)OC. The van der Waals surface area contributed by atoms with Crippen molar-refractivity contribution in [3.05, 3.63) is 111 Å². The van der Waals surface area contributed by atoms with Crippen molar-refractivity contribution in [3.63, 3.8) is 0 Å². The summed E-state index contributed by atoms with van der Waals surface area (Å²) in [6.45, 7) is 31.8. The van der Waals surface area contributed by atoms with E-state index in [-0.39, 0.29) is 40.7 Å². The van der Waals surface area contributed by atoms with E-state index in [2.05, 4.69) is 84.1 Å². The molecule has 1 unspecified atom stereocenters. The van der Waals surface area contributed by atoms with Gasteiger partial charge in [-0.15, -0.1) is 26.3 Å². The summed E-state index contributed by atoms with van der Waals surface area (Å²) in [4.78, 5) is 79.9. The van der Waals surface area contributed by atoms with E-state index in [1.165, 1.54) is 79.1 Å². The van der Waals surface area contributed by atoms with Gasteiger partial charge in [0.2, 0.25) is 5.91 Å². The highest BCUT2D eigenvalue weighted by Crippen LogP contribution is 2.37. The second kappa shape index (κ2) is 48.3. The molecular formula is C55H99N5O11Si. The molecule has 0 aromatic carbocycles. The third-order valence-electron chi connectivity index (χ3n) is 10.6. The second-order valence-corrected chi connectivity index (χ2v) is 22.3. The lowest BCUT2D eigenvalue weighted by molar-refractivity contribution is -0.168. The molecule has 0 spiro atoms. The van der Waals surface area contributed by atoms with E-state index in [9.17, 15) is 24.0 Å². The molecule has 0 aliphatic carbocycles. The number of hydroxylamine groups is 10. The Labute approximate surface area is 438 Å². The van der Waals surface area contributed by atoms with E-state index in [0.29, 0.717) is 18.8 Å². The maximum atomic E-state index is 11.5. The highest BCUT2D eigenvalue weighted by atomic mass is 28.4. The number of unbranched alkanes of at least 4 members (excludes halogenated alkanes) is 3. The number of hydrogen-bond acceptors (Lipinski definition) is 11. The van der Waals surface area contributed by atoms with Crippen LogP contribution in [0.5, 0.6) is 0 Å². The average Bonchev–Trinajstić information content (AvgIpc) is 3.36. The van der Waals surface area contributed by atoms with Gasteiger partial charge in [-0.25, -0.2) is 25.3 Å². The van der Waals surface area contributed by atoms with E-state index >= 15 is 0 Å². The van der Waals surface area contributed by atoms with E-state index in [1.807, 2.05) is 38.2 Å². The van der Waals surface area contributed by atoms with Crippen LogP contribution in [0.25, 0.3) is 0 Å². The van der Waals surface area contributed by atoms with Crippen LogP contribution in [0.1, 0.15) is 112 Å². The Morgan fingerprint density at radius 3 is 1.40 bits per heavy atom. The first kappa shape index (κ1) is 75.9. The molecular weight excluding hydrogens is 935 g/mol. The molecule has 72 heavy (non-hydrogen) atoms. The maximum Gasteiger partial charge on any atom is 0.269 e. The molecule has 16 nitrogen and oxygen atoms in total. The predicted octanol–water partition coefficient (Wildman–Crippen LogP) is 11.3. The fourth-order valence-corrected chi connectivity index (χ4v) is 5.69. The number of amides is 5. The third kappa shape index (κ3) is 44.9. The third-order valence-corrected chi connectivity index (χ3v) is 15.1. The van der Waals surface area contributed by atoms with Crippen molar-refractivity contribution in [2.45, 2.75) is 136 Å². The number of likely N-dealkylation sites (N-methyl/N-ethyl adjacent to an activating group) is 4. The zero-order chi connectivity index (χ0) is 56.7. The monoisotopic (exact) mass is 1030 g/mol. The summed E-state index contributed by atoms with van der Waals surface area (Å²) < 4.78 is 6.23. The van der Waals surface area contributed by atoms with Gasteiger partial charge in [0.15, 0.2) is 8.32 Å². The van der Waals surface area contributed by atoms with Crippen LogP contribution in [0.15, 0.2) is 111 Å². The Morgan fingerprint density at radius 2 is 1.00 bits per heavy atom. The number of rotatable bonds is 29. The van der Waals surface area contributed by atoms with Gasteiger partial charge in [0.25, 0.3) is 23.6 Å². The molecule has 0 saturated carbocycles. The van der Waals surface area contributed by atoms with Crippen molar-refractivity contribution in [2.75, 3.05) is 70.8 Å². The van der Waals surface area contributed by atoms with Gasteiger partial charge >= 0.3 is 0 Å². The second-order valence-electron chi connectivity index (χ2n) is 17.5. The first-order valence-electron chi connectivity index (χ1n) is 24.3. The van der Waals surface area contributed by atoms with Gasteiger partial charge < -0.3 is 4.43 Å². The van der Waals surface area contributed by atoms with E-state index in [0.717, 1.165) is 63.4 Å². The molecule has 0 aromatic rings. The fraction of sp³-hybridized carbons (Fsp3) is 0.582. The van der Waals surface area contributed by atoms with E-state index < -0.39 is 8.32 Å². The summed E-state index contributed by atoms with van der Waals surface area (Å²) in [6, 6.07) is 0. The molecule has 414 valence electrons. The number of carbonyl (C=O) groups excluding carboxylic acids is 5. The lowest BCUT2D eigenvalue weighted by Gasteiger charge is -2.38. The maximum absolute atomic E-state index is 11.5. The number of hydrogen-bond donors (Lipinski definition) is 0. The first-order valence-corrected chi connectivity index (χ1v) is 27.2. The highest BCUT2D eigenvalue weighted by molar-refractivity contribution is 6.74. The molecule has 0 radical (unpaired) electrons. The molecule has 0 aliphatic heterocycles. The Kier molecular flexibility index (Phi) is 50.9. The Hall–Kier alpha value is -5.01. The minimum absolute atomic E-state index is 0.0481. The average molecular weight is 1030 g/mol. The molecule has 0 aliphatic rings. The van der Waals surface area contributed by atoms with Crippen molar-refractivity contribution in [1.82, 2.24) is 25.3 Å². The first-order chi connectivity index (χ1) is 33.7. The fourth-order valence-electron chi connectivity index (χ4n) is 4.39. The van der Waals surface area contributed by atoms with Crippen LogP contribution >= 0.6 is 0 Å². The molecule has 0 bridgehead atoms. The molecule has 0 saturated heterocycles. The summed E-state index contributed by atoms with van der Waals surface area (Å²) in [7, 11) is 13.4. The van der Waals surface area contributed by atoms with Crippen molar-refractivity contribution < 1.29 is 52.6 Å². The van der Waals surface area contributed by atoms with E-state index in [4.69, 9.17) is 23.8 Å². The number of allylic oxidation sites excluding steroid dienone is 8. The number of nitrogens with zero attached hydrogens (tertiary/aromatic N) is 5. The largest absolute Gasteiger partial charge is 0.410 e. The molecule has 5 amide bonds. The van der Waals surface area contributed by atoms with E-state index in [1.54, 1.807) is 59.5 Å². The molecule has 0 rings (SSSR count). The zero-order valence-corrected chi connectivity index (χ0v) is 49.0. The molecule has 0 heterocycles. The van der Waals surface area contributed by atoms with Crippen molar-refractivity contribution in [3.8, 4) is 0 Å². The predicted molar refractivity (Wildman–Crippen MR) is 298 cm³/mol. The minimum Gasteiger partial charge on any atom is -0.410 e. The van der Waals surface area contributed by atoms with Crippen LogP contribution in [0.2, 0.25) is 18.1 Å². The zero-order valence-electron chi connectivity index (χ0n) is 48.0. The quantitative estimate of drug-likeness (QED) is 0.0231. The van der Waals surface area contributed by atoms with Crippen LogP contribution in [-0.2, 0) is 52.6 Å². The summed E-state index contributed by atoms with van der Waals surface area (Å²) in [5.41, 5.74) is 1.04. The summed E-state index contributed by atoms with van der Waals surface area (Å²) in [5, 5.41) is 6.15. The van der Waals surface area contributed by atoms with Gasteiger partial charge in [-0.1, -0.05) is 94.9 Å². The van der Waals surface area contributed by atoms with Crippen LogP contribution in [0.4, 0.5) is 0 Å². The van der Waals surface area contributed by atoms with Gasteiger partial charge in [0.1, 0.15) is 0 Å².